The second kappa shape index (κ2) is 7.50. The molecule has 0 radical (unpaired) electrons. The van der Waals surface area contributed by atoms with Gasteiger partial charge in [-0.2, -0.15) is 0 Å². The van der Waals surface area contributed by atoms with E-state index in [1.807, 2.05) is 6.92 Å². The number of rotatable bonds is 6. The molecule has 4 rings (SSSR count). The van der Waals surface area contributed by atoms with Gasteiger partial charge in [0.2, 0.25) is 10.0 Å². The number of carbonyl (C=O) groups is 2. The molecule has 0 atom stereocenters. The number of hydrogen-bond donors (Lipinski definition) is 0. The average Bonchev–Trinajstić information content (AvgIpc) is 3.22. The summed E-state index contributed by atoms with van der Waals surface area (Å²) in [5.41, 5.74) is 0.352. The number of carbonyl (C=O) groups excluding carboxylic acids is 2. The molecule has 1 aliphatic rings. The van der Waals surface area contributed by atoms with E-state index in [1.54, 1.807) is 10.6 Å². The molecule has 3 aromatic rings. The van der Waals surface area contributed by atoms with E-state index in [0.717, 1.165) is 9.21 Å². The molecule has 0 saturated heterocycles. The fourth-order valence-corrected chi connectivity index (χ4v) is 4.68. The summed E-state index contributed by atoms with van der Waals surface area (Å²) in [6.45, 7) is 2.10. The Morgan fingerprint density at radius 2 is 1.84 bits per heavy atom. The molecular weight excluding hydrogens is 438 g/mol. The SMILES string of the molecule is CCn1c(CN2C(=O)c3cccc([N+](=O)[O-])c3C2=O)nc2cc(S(=O)(=O)N(C)C)ccc21. The smallest absolute Gasteiger partial charge is 0.282 e. The van der Waals surface area contributed by atoms with E-state index in [9.17, 15) is 28.1 Å². The van der Waals surface area contributed by atoms with Crippen molar-refractivity contribution in [2.24, 2.45) is 0 Å². The lowest BCUT2D eigenvalue weighted by atomic mass is 10.1. The van der Waals surface area contributed by atoms with Crippen LogP contribution in [-0.4, -0.2) is 58.0 Å². The van der Waals surface area contributed by atoms with Crippen LogP contribution < -0.4 is 0 Å². The van der Waals surface area contributed by atoms with E-state index in [-0.39, 0.29) is 22.6 Å². The minimum absolute atomic E-state index is 0.0253. The van der Waals surface area contributed by atoms with E-state index < -0.39 is 32.4 Å². The zero-order valence-corrected chi connectivity index (χ0v) is 18.3. The van der Waals surface area contributed by atoms with E-state index in [0.29, 0.717) is 23.4 Å². The summed E-state index contributed by atoms with van der Waals surface area (Å²) in [6, 6.07) is 8.46. The number of imide groups is 1. The fraction of sp³-hybridized carbons (Fsp3) is 0.250. The number of benzene rings is 2. The maximum Gasteiger partial charge on any atom is 0.282 e. The van der Waals surface area contributed by atoms with Gasteiger partial charge >= 0.3 is 0 Å². The van der Waals surface area contributed by atoms with E-state index >= 15 is 0 Å². The molecule has 0 saturated carbocycles. The third kappa shape index (κ3) is 3.15. The zero-order valence-electron chi connectivity index (χ0n) is 17.5. The number of amides is 2. The molecule has 0 bridgehead atoms. The number of nitro groups is 1. The van der Waals surface area contributed by atoms with Crippen LogP contribution >= 0.6 is 0 Å². The number of nitro benzene ring substituents is 1. The predicted molar refractivity (Wildman–Crippen MR) is 114 cm³/mol. The van der Waals surface area contributed by atoms with Crippen molar-refractivity contribution in [1.82, 2.24) is 18.8 Å². The van der Waals surface area contributed by atoms with Crippen molar-refractivity contribution in [3.63, 3.8) is 0 Å². The van der Waals surface area contributed by atoms with Crippen molar-refractivity contribution in [2.45, 2.75) is 24.9 Å². The predicted octanol–water partition coefficient (Wildman–Crippen LogP) is 2.01. The van der Waals surface area contributed by atoms with E-state index in [2.05, 4.69) is 4.98 Å². The molecule has 0 unspecified atom stereocenters. The Kier molecular flexibility index (Phi) is 5.06. The Morgan fingerprint density at radius 3 is 2.47 bits per heavy atom. The largest absolute Gasteiger partial charge is 0.327 e. The summed E-state index contributed by atoms with van der Waals surface area (Å²) in [5.74, 6) is -1.04. The minimum Gasteiger partial charge on any atom is -0.327 e. The van der Waals surface area contributed by atoms with Crippen molar-refractivity contribution in [3.05, 3.63) is 63.5 Å². The quantitative estimate of drug-likeness (QED) is 0.314. The van der Waals surface area contributed by atoms with Crippen LogP contribution in [-0.2, 0) is 23.1 Å². The summed E-state index contributed by atoms with van der Waals surface area (Å²) >= 11 is 0. The zero-order chi connectivity index (χ0) is 23.4. The molecule has 0 aliphatic carbocycles. The Morgan fingerprint density at radius 1 is 1.12 bits per heavy atom. The summed E-state index contributed by atoms with van der Waals surface area (Å²) in [7, 11) is -0.811. The van der Waals surface area contributed by atoms with Crippen molar-refractivity contribution >= 4 is 38.6 Å². The van der Waals surface area contributed by atoms with Gasteiger partial charge in [0.05, 0.1) is 33.0 Å². The molecule has 166 valence electrons. The van der Waals surface area contributed by atoms with Crippen LogP contribution in [0.3, 0.4) is 0 Å². The normalized spacial score (nSPS) is 13.9. The minimum atomic E-state index is -3.67. The van der Waals surface area contributed by atoms with Crippen molar-refractivity contribution in [1.29, 1.82) is 0 Å². The first-order valence-electron chi connectivity index (χ1n) is 9.63. The highest BCUT2D eigenvalue weighted by atomic mass is 32.2. The summed E-state index contributed by atoms with van der Waals surface area (Å²) < 4.78 is 27.8. The first-order valence-corrected chi connectivity index (χ1v) is 11.1. The number of hydrogen-bond acceptors (Lipinski definition) is 7. The Hall–Kier alpha value is -3.64. The standard InChI is InChI=1S/C20H19N5O6S/c1-4-23-15-9-8-12(32(30,31)22(2)3)10-14(15)21-17(23)11-24-19(26)13-6-5-7-16(25(28)29)18(13)20(24)27/h5-10H,4,11H2,1-3H3. The molecule has 0 spiro atoms. The highest BCUT2D eigenvalue weighted by Gasteiger charge is 2.41. The van der Waals surface area contributed by atoms with Crippen LogP contribution in [0, 0.1) is 10.1 Å². The van der Waals surface area contributed by atoms with Crippen LogP contribution in [0.25, 0.3) is 11.0 Å². The number of aryl methyl sites for hydroxylation is 1. The molecule has 0 N–H and O–H groups in total. The maximum atomic E-state index is 12.9. The molecule has 1 aromatic heterocycles. The van der Waals surface area contributed by atoms with Crippen molar-refractivity contribution in [3.8, 4) is 0 Å². The molecule has 12 heteroatoms. The molecule has 2 amide bonds. The number of aromatic nitrogens is 2. The third-order valence-corrected chi connectivity index (χ3v) is 7.18. The Labute approximate surface area is 183 Å². The second-order valence-corrected chi connectivity index (χ2v) is 9.52. The third-order valence-electron chi connectivity index (χ3n) is 5.37. The van der Waals surface area contributed by atoms with Gasteiger partial charge in [-0.15, -0.1) is 0 Å². The molecule has 11 nitrogen and oxygen atoms in total. The summed E-state index contributed by atoms with van der Waals surface area (Å²) in [4.78, 5) is 41.8. The van der Waals surface area contributed by atoms with Crippen LogP contribution in [0.2, 0.25) is 0 Å². The van der Waals surface area contributed by atoms with Gasteiger partial charge in [-0.3, -0.25) is 24.6 Å². The van der Waals surface area contributed by atoms with Gasteiger partial charge in [0.15, 0.2) is 0 Å². The average molecular weight is 457 g/mol. The van der Waals surface area contributed by atoms with Gasteiger partial charge in [-0.25, -0.2) is 17.7 Å². The number of imidazole rings is 1. The number of sulfonamides is 1. The second-order valence-electron chi connectivity index (χ2n) is 7.36. The lowest BCUT2D eigenvalue weighted by Crippen LogP contribution is -2.30. The number of fused-ring (bicyclic) bond motifs is 2. The van der Waals surface area contributed by atoms with Gasteiger partial charge < -0.3 is 4.57 Å². The van der Waals surface area contributed by atoms with E-state index in [4.69, 9.17) is 0 Å². The van der Waals surface area contributed by atoms with Crippen LogP contribution in [0.5, 0.6) is 0 Å². The van der Waals surface area contributed by atoms with Gasteiger partial charge in [0.1, 0.15) is 11.4 Å². The van der Waals surface area contributed by atoms with Gasteiger partial charge in [0.25, 0.3) is 17.5 Å². The van der Waals surface area contributed by atoms with Gasteiger partial charge in [-0.1, -0.05) is 6.07 Å². The van der Waals surface area contributed by atoms with Crippen LogP contribution in [0.15, 0.2) is 41.3 Å². The molecule has 1 aliphatic heterocycles. The number of nitrogens with zero attached hydrogens (tertiary/aromatic N) is 5. The molecule has 32 heavy (non-hydrogen) atoms. The molecule has 2 aromatic carbocycles. The lowest BCUT2D eigenvalue weighted by molar-refractivity contribution is -0.385. The first kappa shape index (κ1) is 21.6. The van der Waals surface area contributed by atoms with Gasteiger partial charge in [0, 0.05) is 26.7 Å². The Bertz CT molecular complexity index is 1410. The van der Waals surface area contributed by atoms with Gasteiger partial charge in [-0.05, 0) is 31.2 Å². The highest BCUT2D eigenvalue weighted by Crippen LogP contribution is 2.32. The first-order chi connectivity index (χ1) is 15.1. The molecule has 2 heterocycles. The van der Waals surface area contributed by atoms with Crippen LogP contribution in [0.1, 0.15) is 33.5 Å². The Balaban J connectivity index is 1.76. The summed E-state index contributed by atoms with van der Waals surface area (Å²) in [6.07, 6.45) is 0. The monoisotopic (exact) mass is 457 g/mol. The fourth-order valence-electron chi connectivity index (χ4n) is 3.76. The topological polar surface area (TPSA) is 136 Å². The highest BCUT2D eigenvalue weighted by molar-refractivity contribution is 7.89. The molecule has 0 fully saturated rings. The molecular formula is C20H19N5O6S. The van der Waals surface area contributed by atoms with Crippen molar-refractivity contribution in [2.75, 3.05) is 14.1 Å². The van der Waals surface area contributed by atoms with Crippen LogP contribution in [0.4, 0.5) is 5.69 Å². The summed E-state index contributed by atoms with van der Waals surface area (Å²) in [5, 5.41) is 11.3. The van der Waals surface area contributed by atoms with Crippen molar-refractivity contribution < 1.29 is 22.9 Å². The van der Waals surface area contributed by atoms with E-state index in [1.165, 1.54) is 44.4 Å². The maximum absolute atomic E-state index is 12.9. The lowest BCUT2D eigenvalue weighted by Gasteiger charge is -2.14.